The van der Waals surface area contributed by atoms with Crippen LogP contribution in [0.15, 0.2) is 42.5 Å². The zero-order chi connectivity index (χ0) is 21.7. The van der Waals surface area contributed by atoms with Gasteiger partial charge in [-0.1, -0.05) is 44.5 Å². The van der Waals surface area contributed by atoms with E-state index in [2.05, 4.69) is 37.8 Å². The molecule has 1 amide bonds. The molecule has 5 nitrogen and oxygen atoms in total. The summed E-state index contributed by atoms with van der Waals surface area (Å²) in [6.07, 6.45) is 0. The number of halogens is 1. The van der Waals surface area contributed by atoms with E-state index in [9.17, 15) is 4.79 Å². The maximum atomic E-state index is 12.7. The zero-order valence-electron chi connectivity index (χ0n) is 18.3. The topological polar surface area (TPSA) is 42.0 Å². The van der Waals surface area contributed by atoms with E-state index in [1.807, 2.05) is 35.2 Å². The van der Waals surface area contributed by atoms with E-state index in [0.29, 0.717) is 13.1 Å². The summed E-state index contributed by atoms with van der Waals surface area (Å²) >= 11 is 5.96. The first-order chi connectivity index (χ1) is 14.3. The predicted octanol–water partition coefficient (Wildman–Crippen LogP) is 4.37. The van der Waals surface area contributed by atoms with Gasteiger partial charge >= 0.3 is 0 Å². The lowest BCUT2D eigenvalue weighted by atomic mass is 9.86. The van der Waals surface area contributed by atoms with Crippen LogP contribution in [0.1, 0.15) is 31.9 Å². The molecule has 3 rings (SSSR count). The number of hydrogen-bond acceptors (Lipinski definition) is 4. The van der Waals surface area contributed by atoms with Gasteiger partial charge in [0.15, 0.2) is 6.61 Å². The Kier molecular flexibility index (Phi) is 7.27. The minimum Gasteiger partial charge on any atom is -0.497 e. The average molecular weight is 431 g/mol. The largest absolute Gasteiger partial charge is 0.497 e. The smallest absolute Gasteiger partial charge is 0.260 e. The number of carbonyl (C=O) groups is 1. The first-order valence-corrected chi connectivity index (χ1v) is 10.7. The molecule has 0 unspecified atom stereocenters. The molecular formula is C24H31ClN2O3. The first-order valence-electron chi connectivity index (χ1n) is 10.3. The zero-order valence-corrected chi connectivity index (χ0v) is 19.0. The number of benzene rings is 2. The third-order valence-corrected chi connectivity index (χ3v) is 5.64. The van der Waals surface area contributed by atoms with E-state index in [0.717, 1.165) is 41.7 Å². The van der Waals surface area contributed by atoms with Crippen molar-refractivity contribution in [2.45, 2.75) is 32.7 Å². The molecule has 1 aliphatic heterocycles. The number of amides is 1. The van der Waals surface area contributed by atoms with Crippen molar-refractivity contribution in [2.24, 2.45) is 0 Å². The molecule has 0 atom stereocenters. The number of methoxy groups -OCH3 is 1. The van der Waals surface area contributed by atoms with Gasteiger partial charge in [-0.05, 0) is 41.3 Å². The Balaban J connectivity index is 1.52. The molecule has 0 radical (unpaired) electrons. The van der Waals surface area contributed by atoms with E-state index in [-0.39, 0.29) is 17.9 Å². The Morgan fingerprint density at radius 2 is 1.70 bits per heavy atom. The van der Waals surface area contributed by atoms with E-state index < -0.39 is 0 Å². The minimum atomic E-state index is -0.111. The van der Waals surface area contributed by atoms with Gasteiger partial charge < -0.3 is 14.4 Å². The van der Waals surface area contributed by atoms with Gasteiger partial charge in [0, 0.05) is 43.3 Å². The molecule has 1 aliphatic rings. The Labute approximate surface area is 184 Å². The van der Waals surface area contributed by atoms with Gasteiger partial charge in [0.2, 0.25) is 0 Å². The highest BCUT2D eigenvalue weighted by Crippen LogP contribution is 2.34. The van der Waals surface area contributed by atoms with Gasteiger partial charge in [-0.15, -0.1) is 0 Å². The van der Waals surface area contributed by atoms with Gasteiger partial charge in [0.05, 0.1) is 7.11 Å². The third-order valence-electron chi connectivity index (χ3n) is 5.39. The fraction of sp³-hybridized carbons (Fsp3) is 0.458. The lowest BCUT2D eigenvalue weighted by molar-refractivity contribution is -0.135. The lowest BCUT2D eigenvalue weighted by Crippen LogP contribution is -2.49. The number of nitrogens with zero attached hydrogens (tertiary/aromatic N) is 2. The van der Waals surface area contributed by atoms with Crippen molar-refractivity contribution in [2.75, 3.05) is 39.9 Å². The summed E-state index contributed by atoms with van der Waals surface area (Å²) in [5, 5.41) is 0.751. The first kappa shape index (κ1) is 22.4. The van der Waals surface area contributed by atoms with Gasteiger partial charge in [-0.2, -0.15) is 0 Å². The molecule has 30 heavy (non-hydrogen) atoms. The molecular weight excluding hydrogens is 400 g/mol. The molecule has 162 valence electrons. The van der Waals surface area contributed by atoms with Gasteiger partial charge in [0.25, 0.3) is 5.91 Å². The standard InChI is InChI=1S/C24H31ClN2O3/c1-24(2,3)21-15-20(29-4)9-10-22(21)30-17-23(28)27-13-11-26(12-14-27)16-18-5-7-19(25)8-6-18/h5-10,15H,11-14,16-17H2,1-4H3. The van der Waals surface area contributed by atoms with Gasteiger partial charge in [0.1, 0.15) is 11.5 Å². The number of rotatable bonds is 6. The number of ether oxygens (including phenoxy) is 2. The molecule has 1 saturated heterocycles. The molecule has 0 aromatic heterocycles. The fourth-order valence-electron chi connectivity index (χ4n) is 3.58. The summed E-state index contributed by atoms with van der Waals surface area (Å²) in [6.45, 7) is 10.4. The predicted molar refractivity (Wildman–Crippen MR) is 120 cm³/mol. The monoisotopic (exact) mass is 430 g/mol. The fourth-order valence-corrected chi connectivity index (χ4v) is 3.71. The highest BCUT2D eigenvalue weighted by atomic mass is 35.5. The molecule has 2 aromatic carbocycles. The van der Waals surface area contributed by atoms with Crippen LogP contribution in [-0.4, -0.2) is 55.6 Å². The molecule has 0 saturated carbocycles. The van der Waals surface area contributed by atoms with E-state index in [1.165, 1.54) is 5.56 Å². The van der Waals surface area contributed by atoms with E-state index in [4.69, 9.17) is 21.1 Å². The van der Waals surface area contributed by atoms with Crippen LogP contribution in [0, 0.1) is 0 Å². The summed E-state index contributed by atoms with van der Waals surface area (Å²) in [4.78, 5) is 16.9. The normalized spacial score (nSPS) is 15.2. The van der Waals surface area contributed by atoms with Crippen molar-refractivity contribution in [1.82, 2.24) is 9.80 Å². The van der Waals surface area contributed by atoms with Crippen LogP contribution < -0.4 is 9.47 Å². The molecule has 0 N–H and O–H groups in total. The van der Waals surface area contributed by atoms with Crippen molar-refractivity contribution in [3.8, 4) is 11.5 Å². The second kappa shape index (κ2) is 9.71. The number of carbonyl (C=O) groups excluding carboxylic acids is 1. The summed E-state index contributed by atoms with van der Waals surface area (Å²) in [5.74, 6) is 1.55. The SMILES string of the molecule is COc1ccc(OCC(=O)N2CCN(Cc3ccc(Cl)cc3)CC2)c(C(C)(C)C)c1. The molecule has 1 heterocycles. The Hall–Kier alpha value is -2.24. The van der Waals surface area contributed by atoms with Crippen LogP contribution in [0.5, 0.6) is 11.5 Å². The van der Waals surface area contributed by atoms with Crippen LogP contribution >= 0.6 is 11.6 Å². The minimum absolute atomic E-state index is 0.0248. The Bertz CT molecular complexity index is 854. The second-order valence-electron chi connectivity index (χ2n) is 8.68. The molecule has 0 aliphatic carbocycles. The van der Waals surface area contributed by atoms with Crippen LogP contribution in [0.3, 0.4) is 0 Å². The van der Waals surface area contributed by atoms with Gasteiger partial charge in [-0.25, -0.2) is 0 Å². The maximum absolute atomic E-state index is 12.7. The maximum Gasteiger partial charge on any atom is 0.260 e. The van der Waals surface area contributed by atoms with Crippen molar-refractivity contribution < 1.29 is 14.3 Å². The quantitative estimate of drug-likeness (QED) is 0.682. The summed E-state index contributed by atoms with van der Waals surface area (Å²) in [5.41, 5.74) is 2.15. The van der Waals surface area contributed by atoms with Crippen molar-refractivity contribution in [1.29, 1.82) is 0 Å². The highest BCUT2D eigenvalue weighted by Gasteiger charge is 2.24. The average Bonchev–Trinajstić information content (AvgIpc) is 2.73. The summed E-state index contributed by atoms with van der Waals surface area (Å²) in [6, 6.07) is 13.7. The molecule has 1 fully saturated rings. The third kappa shape index (κ3) is 5.89. The summed E-state index contributed by atoms with van der Waals surface area (Å²) in [7, 11) is 1.65. The van der Waals surface area contributed by atoms with Crippen molar-refractivity contribution in [3.63, 3.8) is 0 Å². The molecule has 2 aromatic rings. The number of hydrogen-bond donors (Lipinski definition) is 0. The molecule has 0 spiro atoms. The molecule has 0 bridgehead atoms. The van der Waals surface area contributed by atoms with E-state index in [1.54, 1.807) is 7.11 Å². The van der Waals surface area contributed by atoms with Crippen LogP contribution in [0.25, 0.3) is 0 Å². The van der Waals surface area contributed by atoms with Crippen molar-refractivity contribution >= 4 is 17.5 Å². The number of piperazine rings is 1. The second-order valence-corrected chi connectivity index (χ2v) is 9.12. The van der Waals surface area contributed by atoms with E-state index >= 15 is 0 Å². The Morgan fingerprint density at radius 1 is 1.03 bits per heavy atom. The molecule has 6 heteroatoms. The Morgan fingerprint density at radius 3 is 2.30 bits per heavy atom. The lowest BCUT2D eigenvalue weighted by Gasteiger charge is -2.34. The van der Waals surface area contributed by atoms with Crippen LogP contribution in [0.2, 0.25) is 5.02 Å². The van der Waals surface area contributed by atoms with Crippen LogP contribution in [-0.2, 0) is 16.8 Å². The van der Waals surface area contributed by atoms with Crippen LogP contribution in [0.4, 0.5) is 0 Å². The van der Waals surface area contributed by atoms with Gasteiger partial charge in [-0.3, -0.25) is 9.69 Å². The highest BCUT2D eigenvalue weighted by molar-refractivity contribution is 6.30. The van der Waals surface area contributed by atoms with Crippen molar-refractivity contribution in [3.05, 3.63) is 58.6 Å². The summed E-state index contributed by atoms with van der Waals surface area (Å²) < 4.78 is 11.3.